The summed E-state index contributed by atoms with van der Waals surface area (Å²) in [5.41, 5.74) is -0.792. The van der Waals surface area contributed by atoms with Gasteiger partial charge < -0.3 is 0 Å². The largest absolute Gasteiger partial charge is 0.195 e. The molecule has 0 amide bonds. The molecule has 0 N–H and O–H groups in total. The van der Waals surface area contributed by atoms with Gasteiger partial charge in [0, 0.05) is 0 Å². The van der Waals surface area contributed by atoms with Crippen LogP contribution in [0.5, 0.6) is 0 Å². The summed E-state index contributed by atoms with van der Waals surface area (Å²) in [6.07, 6.45) is 1.32. The highest BCUT2D eigenvalue weighted by Gasteiger charge is 2.45. The fourth-order valence-corrected chi connectivity index (χ4v) is 0.342. The fourth-order valence-electron chi connectivity index (χ4n) is 0.342. The van der Waals surface area contributed by atoms with Crippen LogP contribution < -0.4 is 0 Å². The van der Waals surface area contributed by atoms with E-state index < -0.39 is 5.54 Å². The third-order valence-electron chi connectivity index (χ3n) is 1.11. The first-order valence-corrected chi connectivity index (χ1v) is 2.09. The second-order valence-electron chi connectivity index (χ2n) is 1.73. The molecule has 7 heavy (non-hydrogen) atoms. The molecule has 0 spiro atoms. The molecule has 1 aliphatic rings. The Bertz CT molecular complexity index is 131. The van der Waals surface area contributed by atoms with Crippen molar-refractivity contribution in [2.24, 2.45) is 5.18 Å². The molecule has 1 saturated carbocycles. The van der Waals surface area contributed by atoms with Gasteiger partial charge in [-0.15, -0.1) is 4.91 Å². The Kier molecular flexibility index (Phi) is 0.626. The van der Waals surface area contributed by atoms with Gasteiger partial charge in [-0.25, -0.2) is 0 Å². The van der Waals surface area contributed by atoms with Crippen molar-refractivity contribution in [3.05, 3.63) is 4.91 Å². The minimum Gasteiger partial charge on any atom is -0.195 e. The smallest absolute Gasteiger partial charge is 0.188 e. The lowest BCUT2D eigenvalue weighted by Gasteiger charge is -1.80. The summed E-state index contributed by atoms with van der Waals surface area (Å²) >= 11 is 0. The molecule has 3 heteroatoms. The molecular formula is C4H4N2O. The van der Waals surface area contributed by atoms with Gasteiger partial charge in [-0.2, -0.15) is 5.26 Å². The highest BCUT2D eigenvalue weighted by molar-refractivity contribution is 5.18. The van der Waals surface area contributed by atoms with Gasteiger partial charge in [0.05, 0.1) is 6.07 Å². The molecule has 0 saturated heterocycles. The van der Waals surface area contributed by atoms with Crippen LogP contribution in [0.3, 0.4) is 0 Å². The van der Waals surface area contributed by atoms with E-state index in [1.807, 2.05) is 6.07 Å². The van der Waals surface area contributed by atoms with E-state index in [-0.39, 0.29) is 0 Å². The van der Waals surface area contributed by atoms with E-state index in [1.165, 1.54) is 0 Å². The van der Waals surface area contributed by atoms with E-state index in [2.05, 4.69) is 5.18 Å². The van der Waals surface area contributed by atoms with Crippen molar-refractivity contribution in [3.63, 3.8) is 0 Å². The Morgan fingerprint density at radius 1 is 1.71 bits per heavy atom. The summed E-state index contributed by atoms with van der Waals surface area (Å²) in [7, 11) is 0. The Balaban J connectivity index is 2.64. The van der Waals surface area contributed by atoms with Crippen LogP contribution >= 0.6 is 0 Å². The molecule has 0 unspecified atom stereocenters. The Labute approximate surface area is 40.9 Å². The molecule has 0 aliphatic heterocycles. The van der Waals surface area contributed by atoms with Crippen molar-refractivity contribution >= 4 is 0 Å². The van der Waals surface area contributed by atoms with Crippen LogP contribution in [-0.4, -0.2) is 5.54 Å². The minimum absolute atomic E-state index is 0.660. The van der Waals surface area contributed by atoms with Gasteiger partial charge in [0.15, 0.2) is 5.54 Å². The van der Waals surface area contributed by atoms with Crippen molar-refractivity contribution in [1.29, 1.82) is 5.26 Å². The van der Waals surface area contributed by atoms with E-state index in [0.29, 0.717) is 12.8 Å². The zero-order valence-electron chi connectivity index (χ0n) is 3.72. The first-order chi connectivity index (χ1) is 3.33. The monoisotopic (exact) mass is 96.0 g/mol. The summed E-state index contributed by atoms with van der Waals surface area (Å²) in [4.78, 5) is 9.65. The molecule has 0 aromatic heterocycles. The number of nitroso groups, excluding NO2 is 1. The van der Waals surface area contributed by atoms with Crippen LogP contribution in [0.15, 0.2) is 5.18 Å². The van der Waals surface area contributed by atoms with Crippen molar-refractivity contribution in [3.8, 4) is 6.07 Å². The molecule has 1 rings (SSSR count). The standard InChI is InChI=1S/C4H4N2O/c5-3-4(6-7)1-2-4/h1-2H2. The number of nitriles is 1. The molecule has 1 fully saturated rings. The van der Waals surface area contributed by atoms with Crippen molar-refractivity contribution < 1.29 is 0 Å². The summed E-state index contributed by atoms with van der Waals surface area (Å²) in [6.45, 7) is 0. The highest BCUT2D eigenvalue weighted by atomic mass is 16.3. The second-order valence-corrected chi connectivity index (χ2v) is 1.73. The topological polar surface area (TPSA) is 53.2 Å². The number of hydrogen-bond donors (Lipinski definition) is 0. The molecular weight excluding hydrogens is 92.1 g/mol. The lowest BCUT2D eigenvalue weighted by Crippen LogP contribution is -1.95. The minimum atomic E-state index is -0.792. The summed E-state index contributed by atoms with van der Waals surface area (Å²) in [5.74, 6) is 0. The predicted molar refractivity (Wildman–Crippen MR) is 23.4 cm³/mol. The molecule has 0 bridgehead atoms. The maximum absolute atomic E-state index is 9.65. The van der Waals surface area contributed by atoms with Crippen LogP contribution in [0.2, 0.25) is 0 Å². The SMILES string of the molecule is N#CC1(N=O)CC1. The van der Waals surface area contributed by atoms with Gasteiger partial charge in [0.1, 0.15) is 0 Å². The molecule has 0 heterocycles. The van der Waals surface area contributed by atoms with E-state index in [9.17, 15) is 4.91 Å². The third kappa shape index (κ3) is 0.477. The van der Waals surface area contributed by atoms with Crippen LogP contribution in [0.25, 0.3) is 0 Å². The molecule has 1 aliphatic carbocycles. The van der Waals surface area contributed by atoms with E-state index in [1.54, 1.807) is 0 Å². The van der Waals surface area contributed by atoms with Gasteiger partial charge >= 0.3 is 0 Å². The Morgan fingerprint density at radius 3 is 2.29 bits per heavy atom. The fraction of sp³-hybridized carbons (Fsp3) is 0.750. The summed E-state index contributed by atoms with van der Waals surface area (Å²) < 4.78 is 0. The maximum atomic E-state index is 9.65. The molecule has 3 nitrogen and oxygen atoms in total. The van der Waals surface area contributed by atoms with Crippen molar-refractivity contribution in [1.82, 2.24) is 0 Å². The summed E-state index contributed by atoms with van der Waals surface area (Å²) in [6, 6.07) is 1.82. The Hall–Kier alpha value is -0.910. The van der Waals surface area contributed by atoms with Gasteiger partial charge in [-0.3, -0.25) is 0 Å². The van der Waals surface area contributed by atoms with Gasteiger partial charge in [0.2, 0.25) is 0 Å². The average Bonchev–Trinajstić information content (AvgIpc) is 2.46. The molecule has 0 aromatic carbocycles. The maximum Gasteiger partial charge on any atom is 0.188 e. The van der Waals surface area contributed by atoms with Crippen LogP contribution in [0.4, 0.5) is 0 Å². The van der Waals surface area contributed by atoms with E-state index >= 15 is 0 Å². The van der Waals surface area contributed by atoms with Gasteiger partial charge in [0.25, 0.3) is 0 Å². The lowest BCUT2D eigenvalue weighted by atomic mass is 10.3. The van der Waals surface area contributed by atoms with E-state index in [4.69, 9.17) is 5.26 Å². The molecule has 0 radical (unpaired) electrons. The van der Waals surface area contributed by atoms with Crippen LogP contribution in [0.1, 0.15) is 12.8 Å². The molecule has 0 atom stereocenters. The number of rotatable bonds is 1. The van der Waals surface area contributed by atoms with Gasteiger partial charge in [-0.05, 0) is 18.0 Å². The first kappa shape index (κ1) is 4.25. The van der Waals surface area contributed by atoms with Crippen LogP contribution in [0, 0.1) is 16.2 Å². The zero-order valence-corrected chi connectivity index (χ0v) is 3.72. The number of hydrogen-bond acceptors (Lipinski definition) is 3. The van der Waals surface area contributed by atoms with Crippen molar-refractivity contribution in [2.75, 3.05) is 0 Å². The Morgan fingerprint density at radius 2 is 2.29 bits per heavy atom. The summed E-state index contributed by atoms with van der Waals surface area (Å²) in [5, 5.41) is 10.8. The highest BCUT2D eigenvalue weighted by Crippen LogP contribution is 2.38. The zero-order chi connectivity index (χ0) is 5.33. The predicted octanol–water partition coefficient (Wildman–Crippen LogP) is 0.809. The van der Waals surface area contributed by atoms with Crippen LogP contribution in [-0.2, 0) is 0 Å². The third-order valence-corrected chi connectivity index (χ3v) is 1.11. The second kappa shape index (κ2) is 1.03. The normalized spacial score (nSPS) is 22.7. The molecule has 0 aromatic rings. The van der Waals surface area contributed by atoms with Gasteiger partial charge in [-0.1, -0.05) is 0 Å². The lowest BCUT2D eigenvalue weighted by molar-refractivity contribution is 0.863. The molecule has 36 valence electrons. The van der Waals surface area contributed by atoms with Crippen molar-refractivity contribution in [2.45, 2.75) is 18.4 Å². The first-order valence-electron chi connectivity index (χ1n) is 2.09. The quantitative estimate of drug-likeness (QED) is 0.453. The average molecular weight is 96.1 g/mol. The number of nitrogens with zero attached hydrogens (tertiary/aromatic N) is 2. The van der Waals surface area contributed by atoms with E-state index in [0.717, 1.165) is 0 Å².